The van der Waals surface area contributed by atoms with Crippen molar-refractivity contribution in [2.24, 2.45) is 0 Å². The minimum absolute atomic E-state index is 0.000772. The normalized spacial score (nSPS) is 14.5. The minimum Gasteiger partial charge on any atom is -0.480 e. The van der Waals surface area contributed by atoms with Crippen LogP contribution in [0.3, 0.4) is 0 Å². The van der Waals surface area contributed by atoms with Crippen molar-refractivity contribution in [3.05, 3.63) is 35.8 Å². The second-order valence-electron chi connectivity index (χ2n) is 8.46. The fraction of sp³-hybridized carbons (Fsp3) is 0.478. The highest BCUT2D eigenvalue weighted by molar-refractivity contribution is 6.45. The number of benzene rings is 1. The highest BCUT2D eigenvalue weighted by Crippen LogP contribution is 2.25. The number of H-pyrrole nitrogens is 1. The molecule has 2 N–H and O–H groups in total. The molecule has 1 aromatic carbocycles. The summed E-state index contributed by atoms with van der Waals surface area (Å²) in [5.41, 5.74) is 0.339. The Morgan fingerprint density at radius 2 is 1.81 bits per heavy atom. The molecule has 1 fully saturated rings. The van der Waals surface area contributed by atoms with E-state index in [4.69, 9.17) is 0 Å². The van der Waals surface area contributed by atoms with Crippen LogP contribution in [0.1, 0.15) is 56.3 Å². The molecule has 0 unspecified atom stereocenters. The first-order valence-electron chi connectivity index (χ1n) is 10.8. The predicted octanol–water partition coefficient (Wildman–Crippen LogP) is 2.97. The molecule has 3 rings (SSSR count). The van der Waals surface area contributed by atoms with Crippen LogP contribution in [0.5, 0.6) is 0 Å². The molecule has 8 nitrogen and oxygen atoms in total. The van der Waals surface area contributed by atoms with Crippen LogP contribution in [-0.2, 0) is 14.4 Å². The van der Waals surface area contributed by atoms with Crippen LogP contribution in [0.25, 0.3) is 10.9 Å². The number of amides is 2. The molecule has 1 aliphatic carbocycles. The Kier molecular flexibility index (Phi) is 7.27. The molecule has 0 radical (unpaired) electrons. The fourth-order valence-corrected chi connectivity index (χ4v) is 4.43. The number of Topliss-reactive ketones (excluding diaryl/α,β-unsaturated/α-hetero) is 1. The third kappa shape index (κ3) is 5.15. The third-order valence-corrected chi connectivity index (χ3v) is 5.83. The number of carbonyl (C=O) groups is 4. The maximum absolute atomic E-state index is 13.4. The van der Waals surface area contributed by atoms with Gasteiger partial charge in [0.25, 0.3) is 11.7 Å². The second-order valence-corrected chi connectivity index (χ2v) is 8.46. The van der Waals surface area contributed by atoms with E-state index in [2.05, 4.69) is 4.98 Å². The number of hydrogen-bond donors (Lipinski definition) is 2. The van der Waals surface area contributed by atoms with E-state index in [1.165, 1.54) is 24.4 Å². The molecule has 2 aromatic rings. The maximum Gasteiger partial charge on any atom is 0.323 e. The molecule has 0 spiro atoms. The van der Waals surface area contributed by atoms with Crippen LogP contribution in [0.4, 0.5) is 4.39 Å². The predicted molar refractivity (Wildman–Crippen MR) is 116 cm³/mol. The van der Waals surface area contributed by atoms with Gasteiger partial charge in [-0.2, -0.15) is 0 Å². The number of aromatic nitrogens is 1. The Morgan fingerprint density at radius 3 is 2.44 bits per heavy atom. The van der Waals surface area contributed by atoms with Crippen LogP contribution < -0.4 is 0 Å². The number of carboxylic acids is 1. The molecular formula is C23H28FN3O5. The van der Waals surface area contributed by atoms with E-state index in [9.17, 15) is 28.7 Å². The molecule has 9 heteroatoms. The Labute approximate surface area is 185 Å². The summed E-state index contributed by atoms with van der Waals surface area (Å²) in [6.45, 7) is 2.49. The smallest absolute Gasteiger partial charge is 0.323 e. The highest BCUT2D eigenvalue weighted by Gasteiger charge is 2.33. The van der Waals surface area contributed by atoms with Gasteiger partial charge in [0.05, 0.1) is 5.56 Å². The summed E-state index contributed by atoms with van der Waals surface area (Å²) in [6, 6.07) is 3.65. The first-order chi connectivity index (χ1) is 15.2. The summed E-state index contributed by atoms with van der Waals surface area (Å²) in [5.74, 6) is -4.24. The van der Waals surface area contributed by atoms with Crippen molar-refractivity contribution < 1.29 is 28.7 Å². The maximum atomic E-state index is 13.4. The van der Waals surface area contributed by atoms with Gasteiger partial charge in [-0.3, -0.25) is 19.2 Å². The Morgan fingerprint density at radius 1 is 1.12 bits per heavy atom. The number of carbonyl (C=O) groups excluding carboxylic acids is 3. The molecule has 0 aliphatic heterocycles. The van der Waals surface area contributed by atoms with Gasteiger partial charge in [0.1, 0.15) is 18.9 Å². The first-order valence-corrected chi connectivity index (χ1v) is 10.8. The number of nitrogens with one attached hydrogen (secondary N) is 1. The second kappa shape index (κ2) is 9.93. The lowest BCUT2D eigenvalue weighted by molar-refractivity contribution is -0.147. The van der Waals surface area contributed by atoms with E-state index >= 15 is 0 Å². The summed E-state index contributed by atoms with van der Waals surface area (Å²) in [4.78, 5) is 55.6. The van der Waals surface area contributed by atoms with E-state index in [1.807, 2.05) is 13.8 Å². The lowest BCUT2D eigenvalue weighted by Gasteiger charge is -2.38. The molecule has 0 bridgehead atoms. The van der Waals surface area contributed by atoms with Crippen LogP contribution in [0, 0.1) is 5.82 Å². The van der Waals surface area contributed by atoms with Gasteiger partial charge in [-0.05, 0) is 44.9 Å². The molecule has 0 saturated heterocycles. The number of nitrogens with zero attached hydrogens (tertiary/aromatic N) is 2. The van der Waals surface area contributed by atoms with Crippen LogP contribution in [0.15, 0.2) is 24.4 Å². The largest absolute Gasteiger partial charge is 0.480 e. The minimum atomic E-state index is -1.33. The fourth-order valence-electron chi connectivity index (χ4n) is 4.43. The average Bonchev–Trinajstić information content (AvgIpc) is 3.15. The summed E-state index contributed by atoms with van der Waals surface area (Å²) in [7, 11) is 0. The quantitative estimate of drug-likeness (QED) is 0.479. The summed E-state index contributed by atoms with van der Waals surface area (Å²) < 4.78 is 13.4. The topological polar surface area (TPSA) is 111 Å². The zero-order valence-corrected chi connectivity index (χ0v) is 18.3. The molecule has 172 valence electrons. The van der Waals surface area contributed by atoms with Crippen molar-refractivity contribution in [1.82, 2.24) is 14.8 Å². The van der Waals surface area contributed by atoms with Gasteiger partial charge in [0.2, 0.25) is 5.91 Å². The summed E-state index contributed by atoms with van der Waals surface area (Å²) >= 11 is 0. The zero-order chi connectivity index (χ0) is 23.4. The van der Waals surface area contributed by atoms with E-state index < -0.39 is 36.6 Å². The summed E-state index contributed by atoms with van der Waals surface area (Å²) in [6.07, 6.45) is 6.15. The van der Waals surface area contributed by atoms with Crippen LogP contribution >= 0.6 is 0 Å². The Hall–Kier alpha value is -3.23. The third-order valence-electron chi connectivity index (χ3n) is 5.83. The number of rotatable bonds is 8. The van der Waals surface area contributed by atoms with Gasteiger partial charge in [0, 0.05) is 29.2 Å². The summed E-state index contributed by atoms with van der Waals surface area (Å²) in [5, 5.41) is 9.62. The SMILES string of the molecule is CC(C)N(C(=O)CN(CC(=O)O)C(=O)C(=O)c1c[nH]c2cc(F)ccc12)C1CCCCC1. The number of halogens is 1. The lowest BCUT2D eigenvalue weighted by Crippen LogP contribution is -2.52. The molecule has 1 aliphatic rings. The Bertz CT molecular complexity index is 1030. The van der Waals surface area contributed by atoms with E-state index in [0.29, 0.717) is 10.9 Å². The zero-order valence-electron chi connectivity index (χ0n) is 18.3. The molecular weight excluding hydrogens is 417 g/mol. The van der Waals surface area contributed by atoms with E-state index in [1.54, 1.807) is 4.90 Å². The standard InChI is InChI=1S/C23H28FN3O5/c1-14(2)27(16-6-4-3-5-7-16)20(28)12-26(13-21(29)30)23(32)22(31)18-11-25-19-10-15(24)8-9-17(18)19/h8-11,14,16,25H,3-7,12-13H2,1-2H3,(H,29,30). The van der Waals surface area contributed by atoms with E-state index in [0.717, 1.165) is 37.0 Å². The van der Waals surface area contributed by atoms with Crippen LogP contribution in [0.2, 0.25) is 0 Å². The highest BCUT2D eigenvalue weighted by atomic mass is 19.1. The number of ketones is 1. The molecule has 1 saturated carbocycles. The van der Waals surface area contributed by atoms with Crippen molar-refractivity contribution in [3.8, 4) is 0 Å². The monoisotopic (exact) mass is 445 g/mol. The molecule has 1 heterocycles. The number of carboxylic acid groups (broad SMARTS) is 1. The number of hydrogen-bond acceptors (Lipinski definition) is 4. The number of fused-ring (bicyclic) bond motifs is 1. The van der Waals surface area contributed by atoms with Gasteiger partial charge in [0.15, 0.2) is 0 Å². The van der Waals surface area contributed by atoms with Gasteiger partial charge >= 0.3 is 5.97 Å². The van der Waals surface area contributed by atoms with Crippen molar-refractivity contribution in [3.63, 3.8) is 0 Å². The van der Waals surface area contributed by atoms with Crippen LogP contribution in [-0.4, -0.2) is 68.6 Å². The molecule has 1 aromatic heterocycles. The van der Waals surface area contributed by atoms with Gasteiger partial charge in [-0.25, -0.2) is 4.39 Å². The molecule has 0 atom stereocenters. The number of aromatic amines is 1. The van der Waals surface area contributed by atoms with E-state index in [-0.39, 0.29) is 23.6 Å². The van der Waals surface area contributed by atoms with Crippen molar-refractivity contribution >= 4 is 34.5 Å². The van der Waals surface area contributed by atoms with Gasteiger partial charge in [-0.1, -0.05) is 19.3 Å². The van der Waals surface area contributed by atoms with Gasteiger partial charge in [-0.15, -0.1) is 0 Å². The molecule has 32 heavy (non-hydrogen) atoms. The van der Waals surface area contributed by atoms with Crippen molar-refractivity contribution in [2.75, 3.05) is 13.1 Å². The van der Waals surface area contributed by atoms with Crippen molar-refractivity contribution in [2.45, 2.75) is 58.0 Å². The number of aliphatic carboxylic acids is 1. The average molecular weight is 445 g/mol. The molecule has 2 amide bonds. The van der Waals surface area contributed by atoms with Crippen molar-refractivity contribution in [1.29, 1.82) is 0 Å². The Balaban J connectivity index is 1.82. The van der Waals surface area contributed by atoms with Gasteiger partial charge < -0.3 is 19.9 Å². The first kappa shape index (κ1) is 23.4. The lowest BCUT2D eigenvalue weighted by atomic mass is 9.93.